The molecule has 0 bridgehead atoms. The fourth-order valence-corrected chi connectivity index (χ4v) is 5.03. The molecule has 1 saturated heterocycles. The van der Waals surface area contributed by atoms with Gasteiger partial charge in [-0.3, -0.25) is 14.7 Å². The summed E-state index contributed by atoms with van der Waals surface area (Å²) in [6.45, 7) is 8.52. The van der Waals surface area contributed by atoms with E-state index in [-0.39, 0.29) is 12.5 Å². The molecule has 1 amide bonds. The van der Waals surface area contributed by atoms with Crippen LogP contribution in [0.15, 0.2) is 39.3 Å². The van der Waals surface area contributed by atoms with Crippen LogP contribution in [0.4, 0.5) is 17.6 Å². The lowest BCUT2D eigenvalue weighted by atomic mass is 10.3. The molecule has 0 radical (unpaired) electrons. The van der Waals surface area contributed by atoms with E-state index in [1.807, 2.05) is 24.3 Å². The number of hydrogen-bond donors (Lipinski definition) is 3. The molecule has 12 heteroatoms. The van der Waals surface area contributed by atoms with Crippen molar-refractivity contribution >= 4 is 52.2 Å². The topological polar surface area (TPSA) is 119 Å². The Morgan fingerprint density at radius 1 is 1.18 bits per heavy atom. The largest absolute Gasteiger partial charge is 0.395 e. The van der Waals surface area contributed by atoms with Gasteiger partial charge in [-0.1, -0.05) is 18.7 Å². The van der Waals surface area contributed by atoms with Crippen molar-refractivity contribution in [3.8, 4) is 0 Å². The summed E-state index contributed by atoms with van der Waals surface area (Å²) in [6.07, 6.45) is 0. The number of amides is 1. The maximum Gasteiger partial charge on any atom is 0.234 e. The molecular formula is C21H28N8O2S2. The summed E-state index contributed by atoms with van der Waals surface area (Å²) in [6, 6.07) is 7.57. The number of aliphatic hydroxyl groups excluding tert-OH is 1. The molecule has 1 fully saturated rings. The van der Waals surface area contributed by atoms with Gasteiger partial charge in [-0.2, -0.15) is 15.0 Å². The molecule has 3 heterocycles. The number of hydrogen-bond acceptors (Lipinski definition) is 11. The Labute approximate surface area is 201 Å². The third-order valence-corrected chi connectivity index (χ3v) is 6.96. The zero-order valence-corrected chi connectivity index (χ0v) is 20.3. The van der Waals surface area contributed by atoms with Crippen molar-refractivity contribution in [2.24, 2.45) is 4.99 Å². The van der Waals surface area contributed by atoms with Crippen molar-refractivity contribution < 1.29 is 9.90 Å². The molecule has 2 aliphatic rings. The molecule has 10 nitrogen and oxygen atoms in total. The summed E-state index contributed by atoms with van der Waals surface area (Å²) in [4.78, 5) is 35.1. The lowest BCUT2D eigenvalue weighted by Gasteiger charge is -2.34. The predicted molar refractivity (Wildman–Crippen MR) is 133 cm³/mol. The number of benzene rings is 1. The Morgan fingerprint density at radius 2 is 1.94 bits per heavy atom. The first kappa shape index (κ1) is 23.7. The molecule has 3 N–H and O–H groups in total. The predicted octanol–water partition coefficient (Wildman–Crippen LogP) is 2.00. The number of nitrogens with zero attached hydrogens (tertiary/aromatic N) is 6. The number of rotatable bonds is 7. The van der Waals surface area contributed by atoms with Crippen molar-refractivity contribution in [1.29, 1.82) is 0 Å². The highest BCUT2D eigenvalue weighted by Crippen LogP contribution is 2.29. The average Bonchev–Trinajstić information content (AvgIpc) is 3.20. The number of carbonyl (C=O) groups is 1. The van der Waals surface area contributed by atoms with Gasteiger partial charge in [0, 0.05) is 55.5 Å². The second kappa shape index (κ2) is 11.1. The van der Waals surface area contributed by atoms with E-state index in [1.54, 1.807) is 11.8 Å². The first-order valence-electron chi connectivity index (χ1n) is 10.9. The Hall–Kier alpha value is -2.41. The first-order valence-corrected chi connectivity index (χ1v) is 12.6. The van der Waals surface area contributed by atoms with E-state index in [2.05, 4.69) is 42.3 Å². The van der Waals surface area contributed by atoms with Crippen LogP contribution in [-0.2, 0) is 4.79 Å². The highest BCUT2D eigenvalue weighted by molar-refractivity contribution is 8.15. The summed E-state index contributed by atoms with van der Waals surface area (Å²) in [5.74, 6) is 1.01. The van der Waals surface area contributed by atoms with Crippen LogP contribution in [0.2, 0.25) is 0 Å². The highest BCUT2D eigenvalue weighted by atomic mass is 32.2. The Balaban J connectivity index is 1.53. The fourth-order valence-electron chi connectivity index (χ4n) is 3.46. The van der Waals surface area contributed by atoms with Gasteiger partial charge in [0.2, 0.25) is 17.8 Å². The molecule has 0 aliphatic carbocycles. The van der Waals surface area contributed by atoms with Crippen LogP contribution in [0.25, 0.3) is 0 Å². The summed E-state index contributed by atoms with van der Waals surface area (Å²) in [5, 5.41) is 17.1. The molecule has 176 valence electrons. The molecule has 1 unspecified atom stereocenters. The van der Waals surface area contributed by atoms with Crippen LogP contribution in [0, 0.1) is 0 Å². The molecule has 1 atom stereocenters. The molecule has 4 rings (SSSR count). The van der Waals surface area contributed by atoms with Crippen molar-refractivity contribution in [2.45, 2.75) is 29.1 Å². The fraction of sp³-hybridized carbons (Fsp3) is 0.476. The number of aliphatic hydroxyl groups is 1. The minimum absolute atomic E-state index is 0.102. The summed E-state index contributed by atoms with van der Waals surface area (Å²) >= 11 is 3.12. The SMILES string of the molecule is CC(=O)Nc1ccc(Sc2nc(NC3=NCC(C)S3)nc(N3CCN(CCO)CC3)n2)cc1. The lowest BCUT2D eigenvalue weighted by molar-refractivity contribution is -0.114. The summed E-state index contributed by atoms with van der Waals surface area (Å²) < 4.78 is 0. The van der Waals surface area contributed by atoms with Crippen molar-refractivity contribution in [3.05, 3.63) is 24.3 Å². The molecular weight excluding hydrogens is 460 g/mol. The smallest absolute Gasteiger partial charge is 0.234 e. The van der Waals surface area contributed by atoms with E-state index in [0.29, 0.717) is 28.8 Å². The number of carbonyl (C=O) groups excluding carboxylic acids is 1. The average molecular weight is 489 g/mol. The zero-order chi connectivity index (χ0) is 23.2. The monoisotopic (exact) mass is 488 g/mol. The number of β-amino-alcohol motifs (C(OH)–C–C–N with tert-alkyl or cyclic N) is 1. The van der Waals surface area contributed by atoms with E-state index < -0.39 is 0 Å². The van der Waals surface area contributed by atoms with Crippen molar-refractivity contribution in [2.75, 3.05) is 61.4 Å². The third-order valence-electron chi connectivity index (χ3n) is 5.08. The van der Waals surface area contributed by atoms with Crippen LogP contribution in [0.3, 0.4) is 0 Å². The maximum absolute atomic E-state index is 11.3. The molecule has 2 aliphatic heterocycles. The van der Waals surface area contributed by atoms with Crippen molar-refractivity contribution in [1.82, 2.24) is 19.9 Å². The van der Waals surface area contributed by atoms with Gasteiger partial charge in [0.05, 0.1) is 13.2 Å². The van der Waals surface area contributed by atoms with E-state index in [4.69, 9.17) is 4.98 Å². The standard InChI is InChI=1S/C21H28N8O2S2/c1-14-13-22-20(32-14)25-18-24-19(29-9-7-28(8-10-29)11-12-30)27-21(26-18)33-17-5-3-16(4-6-17)23-15(2)31/h3-6,14,30H,7-13H2,1-2H3,(H,23,31)(H,22,24,25,26,27). The number of aromatic nitrogens is 3. The molecule has 33 heavy (non-hydrogen) atoms. The maximum atomic E-state index is 11.3. The third kappa shape index (κ3) is 6.79. The number of aliphatic imine (C=N–C) groups is 1. The molecule has 2 aromatic rings. The zero-order valence-electron chi connectivity index (χ0n) is 18.7. The van der Waals surface area contributed by atoms with Gasteiger partial charge >= 0.3 is 0 Å². The minimum atomic E-state index is -0.102. The van der Waals surface area contributed by atoms with E-state index in [0.717, 1.165) is 48.5 Å². The number of nitrogens with one attached hydrogen (secondary N) is 2. The van der Waals surface area contributed by atoms with Crippen LogP contribution >= 0.6 is 23.5 Å². The molecule has 1 aromatic heterocycles. The van der Waals surface area contributed by atoms with Gasteiger partial charge in [0.1, 0.15) is 0 Å². The van der Waals surface area contributed by atoms with Gasteiger partial charge in [-0.05, 0) is 36.0 Å². The Bertz CT molecular complexity index is 996. The first-order chi connectivity index (χ1) is 16.0. The van der Waals surface area contributed by atoms with Gasteiger partial charge < -0.3 is 20.6 Å². The summed E-state index contributed by atoms with van der Waals surface area (Å²) in [7, 11) is 0. The quantitative estimate of drug-likeness (QED) is 0.534. The number of thioether (sulfide) groups is 1. The van der Waals surface area contributed by atoms with E-state index >= 15 is 0 Å². The van der Waals surface area contributed by atoms with Crippen LogP contribution in [-0.4, -0.2) is 87.2 Å². The highest BCUT2D eigenvalue weighted by Gasteiger charge is 2.22. The molecule has 0 spiro atoms. The molecule has 0 saturated carbocycles. The Kier molecular flexibility index (Phi) is 8.02. The second-order valence-corrected chi connectivity index (χ2v) is 10.3. The van der Waals surface area contributed by atoms with E-state index in [9.17, 15) is 9.90 Å². The van der Waals surface area contributed by atoms with Gasteiger partial charge in [-0.25, -0.2) is 0 Å². The van der Waals surface area contributed by atoms with Crippen molar-refractivity contribution in [3.63, 3.8) is 0 Å². The van der Waals surface area contributed by atoms with Crippen LogP contribution < -0.4 is 15.5 Å². The molecule has 1 aromatic carbocycles. The second-order valence-electron chi connectivity index (χ2n) is 7.80. The number of piperazine rings is 1. The van der Waals surface area contributed by atoms with E-state index in [1.165, 1.54) is 18.7 Å². The number of anilines is 3. The normalized spacial score (nSPS) is 18.8. The number of amidine groups is 1. The minimum Gasteiger partial charge on any atom is -0.395 e. The van der Waals surface area contributed by atoms with Gasteiger partial charge in [0.15, 0.2) is 10.3 Å². The van der Waals surface area contributed by atoms with Crippen LogP contribution in [0.1, 0.15) is 13.8 Å². The lowest BCUT2D eigenvalue weighted by Crippen LogP contribution is -2.47. The summed E-state index contributed by atoms with van der Waals surface area (Å²) in [5.41, 5.74) is 0.747. The van der Waals surface area contributed by atoms with Gasteiger partial charge in [-0.15, -0.1) is 0 Å². The Morgan fingerprint density at radius 3 is 2.58 bits per heavy atom. The van der Waals surface area contributed by atoms with Gasteiger partial charge in [0.25, 0.3) is 0 Å². The van der Waals surface area contributed by atoms with Crippen LogP contribution in [0.5, 0.6) is 0 Å².